The highest BCUT2D eigenvalue weighted by Gasteiger charge is 2.28. The van der Waals surface area contributed by atoms with Crippen molar-refractivity contribution in [2.24, 2.45) is 0 Å². The van der Waals surface area contributed by atoms with Crippen LogP contribution in [0.3, 0.4) is 0 Å². The molecule has 1 fully saturated rings. The van der Waals surface area contributed by atoms with E-state index < -0.39 is 10.0 Å². The number of amides is 1. The van der Waals surface area contributed by atoms with E-state index in [0.29, 0.717) is 44.2 Å². The summed E-state index contributed by atoms with van der Waals surface area (Å²) in [4.78, 5) is 14.6. The molecule has 0 spiro atoms. The molecule has 1 aliphatic heterocycles. The van der Waals surface area contributed by atoms with Gasteiger partial charge >= 0.3 is 0 Å². The second-order valence-electron chi connectivity index (χ2n) is 7.66. The van der Waals surface area contributed by atoms with Crippen LogP contribution < -0.4 is 5.32 Å². The highest BCUT2D eigenvalue weighted by Crippen LogP contribution is 2.18. The van der Waals surface area contributed by atoms with Crippen molar-refractivity contribution in [3.63, 3.8) is 0 Å². The van der Waals surface area contributed by atoms with E-state index in [9.17, 15) is 13.2 Å². The Balaban J connectivity index is 1.44. The van der Waals surface area contributed by atoms with Gasteiger partial charge in [0, 0.05) is 32.7 Å². The third kappa shape index (κ3) is 6.14. The van der Waals surface area contributed by atoms with E-state index in [1.54, 1.807) is 12.1 Å². The quantitative estimate of drug-likeness (QED) is 0.664. The Hall–Kier alpha value is -2.22. The largest absolute Gasteiger partial charge is 0.355 e. The lowest BCUT2D eigenvalue weighted by molar-refractivity contribution is -0.122. The number of hydrogen-bond donors (Lipinski definition) is 1. The van der Waals surface area contributed by atoms with E-state index >= 15 is 0 Å². The first-order chi connectivity index (χ1) is 14.5. The number of carbonyl (C=O) groups is 1. The number of nitrogens with zero attached hydrogens (tertiary/aromatic N) is 2. The Morgan fingerprint density at radius 1 is 0.900 bits per heavy atom. The number of aryl methyl sites for hydroxylation is 1. The van der Waals surface area contributed by atoms with Gasteiger partial charge in [-0.15, -0.1) is 0 Å². The van der Waals surface area contributed by atoms with E-state index in [2.05, 4.69) is 12.2 Å². The fraction of sp³-hybridized carbons (Fsp3) is 0.435. The van der Waals surface area contributed by atoms with Crippen LogP contribution in [0.4, 0.5) is 0 Å². The van der Waals surface area contributed by atoms with Crippen molar-refractivity contribution >= 4 is 15.9 Å². The third-order valence-electron chi connectivity index (χ3n) is 5.38. The fourth-order valence-electron chi connectivity index (χ4n) is 3.64. The van der Waals surface area contributed by atoms with Crippen LogP contribution >= 0.6 is 0 Å². The highest BCUT2D eigenvalue weighted by molar-refractivity contribution is 7.89. The van der Waals surface area contributed by atoms with E-state index in [0.717, 1.165) is 24.8 Å². The second kappa shape index (κ2) is 10.7. The first-order valence-corrected chi connectivity index (χ1v) is 12.0. The smallest absolute Gasteiger partial charge is 0.243 e. The van der Waals surface area contributed by atoms with E-state index in [-0.39, 0.29) is 5.91 Å². The lowest BCUT2D eigenvalue weighted by atomic mass is 10.1. The van der Waals surface area contributed by atoms with Crippen molar-refractivity contribution in [3.05, 3.63) is 65.7 Å². The molecule has 30 heavy (non-hydrogen) atoms. The summed E-state index contributed by atoms with van der Waals surface area (Å²) in [5, 5.41) is 2.95. The maximum absolute atomic E-state index is 12.9. The van der Waals surface area contributed by atoms with E-state index in [1.807, 2.05) is 47.4 Å². The molecule has 1 heterocycles. The molecular formula is C23H31N3O3S. The summed E-state index contributed by atoms with van der Waals surface area (Å²) in [6, 6.07) is 17.2. The number of hydrogen-bond acceptors (Lipinski definition) is 4. The van der Waals surface area contributed by atoms with Crippen LogP contribution in [0.1, 0.15) is 24.5 Å². The summed E-state index contributed by atoms with van der Waals surface area (Å²) in [5.41, 5.74) is 2.35. The van der Waals surface area contributed by atoms with Crippen molar-refractivity contribution in [2.75, 3.05) is 39.3 Å². The van der Waals surface area contributed by atoms with E-state index in [1.165, 1.54) is 9.87 Å². The monoisotopic (exact) mass is 429 g/mol. The van der Waals surface area contributed by atoms with Crippen molar-refractivity contribution in [3.8, 4) is 0 Å². The van der Waals surface area contributed by atoms with Crippen LogP contribution in [0.2, 0.25) is 0 Å². The van der Waals surface area contributed by atoms with Gasteiger partial charge in [-0.1, -0.05) is 55.8 Å². The highest BCUT2D eigenvalue weighted by atomic mass is 32.2. The van der Waals surface area contributed by atoms with E-state index in [4.69, 9.17) is 0 Å². The zero-order valence-electron chi connectivity index (χ0n) is 17.6. The predicted octanol–water partition coefficient (Wildman–Crippen LogP) is 2.30. The molecule has 0 bridgehead atoms. The minimum Gasteiger partial charge on any atom is -0.355 e. The topological polar surface area (TPSA) is 69.7 Å². The Morgan fingerprint density at radius 2 is 1.53 bits per heavy atom. The summed E-state index contributed by atoms with van der Waals surface area (Å²) < 4.78 is 27.3. The Labute approximate surface area is 179 Å². The molecular weight excluding hydrogens is 398 g/mol. The second-order valence-corrected chi connectivity index (χ2v) is 9.60. The van der Waals surface area contributed by atoms with Gasteiger partial charge in [-0.25, -0.2) is 8.42 Å². The minimum atomic E-state index is -3.48. The van der Waals surface area contributed by atoms with Crippen LogP contribution in [0.5, 0.6) is 0 Å². The maximum Gasteiger partial charge on any atom is 0.243 e. The zero-order chi connectivity index (χ0) is 21.4. The first kappa shape index (κ1) is 22.5. The van der Waals surface area contributed by atoms with Gasteiger partial charge in [0.25, 0.3) is 0 Å². The number of benzene rings is 2. The summed E-state index contributed by atoms with van der Waals surface area (Å²) in [6.07, 6.45) is 2.79. The van der Waals surface area contributed by atoms with Gasteiger partial charge in [0.15, 0.2) is 0 Å². The Kier molecular flexibility index (Phi) is 8.01. The average Bonchev–Trinajstić information content (AvgIpc) is 2.75. The normalized spacial score (nSPS) is 15.8. The van der Waals surface area contributed by atoms with Gasteiger partial charge in [0.2, 0.25) is 15.9 Å². The molecule has 1 N–H and O–H groups in total. The van der Waals surface area contributed by atoms with Crippen LogP contribution in [0.25, 0.3) is 0 Å². The van der Waals surface area contributed by atoms with Gasteiger partial charge in [-0.3, -0.25) is 9.69 Å². The molecule has 0 aliphatic carbocycles. The summed E-state index contributed by atoms with van der Waals surface area (Å²) in [7, 11) is -3.48. The molecule has 1 amide bonds. The summed E-state index contributed by atoms with van der Waals surface area (Å²) >= 11 is 0. The molecule has 1 saturated heterocycles. The maximum atomic E-state index is 12.9. The first-order valence-electron chi connectivity index (χ1n) is 10.6. The van der Waals surface area contributed by atoms with Crippen molar-refractivity contribution < 1.29 is 13.2 Å². The molecule has 0 radical (unpaired) electrons. The van der Waals surface area contributed by atoms with Crippen LogP contribution in [-0.2, 0) is 27.7 Å². The standard InChI is InChI=1S/C23H31N3O3S/c1-2-6-20-9-11-22(12-10-20)30(28,29)26-17-15-25(16-18-26)19-23(27)24-14-13-21-7-4-3-5-8-21/h3-5,7-12H,2,6,13-19H2,1H3,(H,24,27). The predicted molar refractivity (Wildman–Crippen MR) is 119 cm³/mol. The van der Waals surface area contributed by atoms with Crippen molar-refractivity contribution in [1.82, 2.24) is 14.5 Å². The van der Waals surface area contributed by atoms with Gasteiger partial charge in [0.05, 0.1) is 11.4 Å². The average molecular weight is 430 g/mol. The van der Waals surface area contributed by atoms with Crippen LogP contribution in [-0.4, -0.2) is 62.8 Å². The third-order valence-corrected chi connectivity index (χ3v) is 7.29. The molecule has 0 aromatic heterocycles. The SMILES string of the molecule is CCCc1ccc(S(=O)(=O)N2CCN(CC(=O)NCCc3ccccc3)CC2)cc1. The zero-order valence-corrected chi connectivity index (χ0v) is 18.4. The van der Waals surface area contributed by atoms with Gasteiger partial charge < -0.3 is 5.32 Å². The molecule has 6 nitrogen and oxygen atoms in total. The van der Waals surface area contributed by atoms with Crippen molar-refractivity contribution in [2.45, 2.75) is 31.1 Å². The van der Waals surface area contributed by atoms with Crippen LogP contribution in [0.15, 0.2) is 59.5 Å². The molecule has 162 valence electrons. The van der Waals surface area contributed by atoms with Gasteiger partial charge in [0.1, 0.15) is 0 Å². The fourth-order valence-corrected chi connectivity index (χ4v) is 5.07. The number of sulfonamides is 1. The van der Waals surface area contributed by atoms with Crippen molar-refractivity contribution in [1.29, 1.82) is 0 Å². The van der Waals surface area contributed by atoms with Gasteiger partial charge in [-0.2, -0.15) is 4.31 Å². The summed E-state index contributed by atoms with van der Waals surface area (Å²) in [6.45, 7) is 4.92. The minimum absolute atomic E-state index is 0.0197. The lowest BCUT2D eigenvalue weighted by Crippen LogP contribution is -2.51. The molecule has 2 aromatic carbocycles. The molecule has 0 saturated carbocycles. The molecule has 0 atom stereocenters. The number of rotatable bonds is 9. The molecule has 0 unspecified atom stereocenters. The lowest BCUT2D eigenvalue weighted by Gasteiger charge is -2.33. The Bertz CT molecular complexity index is 906. The molecule has 7 heteroatoms. The molecule has 2 aromatic rings. The number of carbonyl (C=O) groups excluding carboxylic acids is 1. The molecule has 3 rings (SSSR count). The molecule has 1 aliphatic rings. The summed E-state index contributed by atoms with van der Waals surface area (Å²) in [5.74, 6) is -0.0197. The van der Waals surface area contributed by atoms with Crippen LogP contribution in [0, 0.1) is 0 Å². The number of nitrogens with one attached hydrogen (secondary N) is 1. The number of piperazine rings is 1. The van der Waals surface area contributed by atoms with Gasteiger partial charge in [-0.05, 0) is 36.1 Å². The Morgan fingerprint density at radius 3 is 2.17 bits per heavy atom.